The molecule has 0 radical (unpaired) electrons. The Kier molecular flexibility index (Phi) is 2.15. The van der Waals surface area contributed by atoms with E-state index in [1.807, 2.05) is 0 Å². The first-order valence-electron chi connectivity index (χ1n) is 6.90. The Morgan fingerprint density at radius 3 is 2.72 bits per heavy atom. The predicted octanol–water partition coefficient (Wildman–Crippen LogP) is 3.35. The Labute approximate surface area is 108 Å². The second-order valence-electron chi connectivity index (χ2n) is 5.53. The highest BCUT2D eigenvalue weighted by Gasteiger charge is 2.39. The summed E-state index contributed by atoms with van der Waals surface area (Å²) in [6, 6.07) is 13.2. The first kappa shape index (κ1) is 10.4. The zero-order chi connectivity index (χ0) is 12.0. The van der Waals surface area contributed by atoms with E-state index in [0.717, 1.165) is 6.54 Å². The summed E-state index contributed by atoms with van der Waals surface area (Å²) < 4.78 is 2.39. The van der Waals surface area contributed by atoms with Crippen LogP contribution in [-0.4, -0.2) is 4.57 Å². The fraction of sp³-hybridized carbons (Fsp3) is 0.375. The number of rotatable bonds is 0. The van der Waals surface area contributed by atoms with Gasteiger partial charge in [-0.3, -0.25) is 0 Å². The van der Waals surface area contributed by atoms with Crippen LogP contribution in [0, 0.1) is 0 Å². The molecule has 0 unspecified atom stereocenters. The minimum absolute atomic E-state index is 0.211. The van der Waals surface area contributed by atoms with Crippen molar-refractivity contribution in [2.75, 3.05) is 0 Å². The highest BCUT2D eigenvalue weighted by atomic mass is 15.1. The largest absolute Gasteiger partial charge is 0.319 e. The van der Waals surface area contributed by atoms with Gasteiger partial charge in [0.25, 0.3) is 0 Å². The molecule has 92 valence electrons. The molecule has 1 saturated carbocycles. The number of para-hydroxylation sites is 1. The van der Waals surface area contributed by atoms with Crippen molar-refractivity contribution < 1.29 is 0 Å². The van der Waals surface area contributed by atoms with Gasteiger partial charge in [0.15, 0.2) is 0 Å². The molecule has 18 heavy (non-hydrogen) atoms. The quantitative estimate of drug-likeness (QED) is 0.744. The number of benzene rings is 1. The molecule has 0 saturated heterocycles. The van der Waals surface area contributed by atoms with Crippen LogP contribution in [0.25, 0.3) is 5.69 Å². The lowest BCUT2D eigenvalue weighted by Gasteiger charge is -2.29. The average molecular weight is 238 g/mol. The molecule has 2 heteroatoms. The molecule has 2 heterocycles. The van der Waals surface area contributed by atoms with Gasteiger partial charge in [0.05, 0.1) is 5.54 Å². The van der Waals surface area contributed by atoms with E-state index in [1.165, 1.54) is 42.6 Å². The number of nitrogens with zero attached hydrogens (tertiary/aromatic N) is 1. The van der Waals surface area contributed by atoms with Gasteiger partial charge in [0.2, 0.25) is 0 Å². The lowest BCUT2D eigenvalue weighted by Crippen LogP contribution is -2.39. The molecule has 2 nitrogen and oxygen atoms in total. The first-order chi connectivity index (χ1) is 8.89. The smallest absolute Gasteiger partial charge is 0.0594 e. The third-order valence-corrected chi connectivity index (χ3v) is 4.56. The monoisotopic (exact) mass is 238 g/mol. The van der Waals surface area contributed by atoms with Crippen molar-refractivity contribution in [3.63, 3.8) is 0 Å². The number of nitrogens with one attached hydrogen (secondary N) is 1. The molecule has 1 spiro atoms. The highest BCUT2D eigenvalue weighted by Crippen LogP contribution is 2.41. The fourth-order valence-electron chi connectivity index (χ4n) is 3.64. The normalized spacial score (nSPS) is 20.4. The number of hydrogen-bond acceptors (Lipinski definition) is 1. The van der Waals surface area contributed by atoms with E-state index in [2.05, 4.69) is 52.5 Å². The van der Waals surface area contributed by atoms with E-state index in [9.17, 15) is 0 Å². The molecule has 4 rings (SSSR count). The molecule has 1 aliphatic carbocycles. The third kappa shape index (κ3) is 1.33. The molecule has 0 amide bonds. The van der Waals surface area contributed by atoms with Gasteiger partial charge in [-0.15, -0.1) is 0 Å². The van der Waals surface area contributed by atoms with Crippen LogP contribution in [0.2, 0.25) is 0 Å². The van der Waals surface area contributed by atoms with Gasteiger partial charge in [0, 0.05) is 24.1 Å². The lowest BCUT2D eigenvalue weighted by molar-refractivity contribution is 0.332. The molecular weight excluding hydrogens is 220 g/mol. The van der Waals surface area contributed by atoms with E-state index < -0.39 is 0 Å². The maximum Gasteiger partial charge on any atom is 0.0594 e. The van der Waals surface area contributed by atoms with E-state index in [1.54, 1.807) is 0 Å². The minimum Gasteiger partial charge on any atom is -0.319 e. The summed E-state index contributed by atoms with van der Waals surface area (Å²) in [5.74, 6) is 0. The van der Waals surface area contributed by atoms with Crippen LogP contribution in [0.4, 0.5) is 0 Å². The lowest BCUT2D eigenvalue weighted by atomic mass is 9.93. The summed E-state index contributed by atoms with van der Waals surface area (Å²) in [7, 11) is 0. The van der Waals surface area contributed by atoms with Crippen molar-refractivity contribution in [3.8, 4) is 5.69 Å². The summed E-state index contributed by atoms with van der Waals surface area (Å²) in [6.07, 6.45) is 7.43. The fourth-order valence-corrected chi connectivity index (χ4v) is 3.64. The standard InChI is InChI=1S/C16H18N2/c1-2-7-14-13(6-1)12-17-16(9-3-4-10-16)15-8-5-11-18(14)15/h1-2,5-8,11,17H,3-4,9-10,12H2. The summed E-state index contributed by atoms with van der Waals surface area (Å²) in [6.45, 7) is 0.984. The summed E-state index contributed by atoms with van der Waals surface area (Å²) in [4.78, 5) is 0. The van der Waals surface area contributed by atoms with Gasteiger partial charge in [-0.25, -0.2) is 0 Å². The van der Waals surface area contributed by atoms with Gasteiger partial charge >= 0.3 is 0 Å². The molecule has 2 aromatic rings. The second kappa shape index (κ2) is 3.72. The van der Waals surface area contributed by atoms with Crippen LogP contribution in [-0.2, 0) is 12.1 Å². The zero-order valence-corrected chi connectivity index (χ0v) is 10.5. The van der Waals surface area contributed by atoms with E-state index >= 15 is 0 Å². The predicted molar refractivity (Wildman–Crippen MR) is 72.8 cm³/mol. The van der Waals surface area contributed by atoms with Crippen molar-refractivity contribution in [3.05, 3.63) is 53.9 Å². The summed E-state index contributed by atoms with van der Waals surface area (Å²) >= 11 is 0. The van der Waals surface area contributed by atoms with Crippen molar-refractivity contribution in [1.29, 1.82) is 0 Å². The van der Waals surface area contributed by atoms with Gasteiger partial charge in [-0.1, -0.05) is 31.0 Å². The van der Waals surface area contributed by atoms with Gasteiger partial charge in [0.1, 0.15) is 0 Å². The Hall–Kier alpha value is -1.54. The zero-order valence-electron chi connectivity index (χ0n) is 10.5. The number of fused-ring (bicyclic) bond motifs is 4. The van der Waals surface area contributed by atoms with E-state index in [0.29, 0.717) is 0 Å². The summed E-state index contributed by atoms with van der Waals surface area (Å²) in [5.41, 5.74) is 4.40. The number of aromatic nitrogens is 1. The highest BCUT2D eigenvalue weighted by molar-refractivity contribution is 5.46. The topological polar surface area (TPSA) is 17.0 Å². The van der Waals surface area contributed by atoms with Crippen LogP contribution >= 0.6 is 0 Å². The maximum absolute atomic E-state index is 3.83. The molecule has 2 aliphatic rings. The van der Waals surface area contributed by atoms with Crippen LogP contribution < -0.4 is 5.32 Å². The van der Waals surface area contributed by atoms with Crippen molar-refractivity contribution in [1.82, 2.24) is 9.88 Å². The Morgan fingerprint density at radius 2 is 1.83 bits per heavy atom. The molecule has 1 aromatic heterocycles. The molecule has 1 N–H and O–H groups in total. The maximum atomic E-state index is 3.83. The molecule has 1 fully saturated rings. The molecule has 1 aliphatic heterocycles. The van der Waals surface area contributed by atoms with Crippen molar-refractivity contribution >= 4 is 0 Å². The Balaban J connectivity index is 1.95. The molecular formula is C16H18N2. The Morgan fingerprint density at radius 1 is 1.00 bits per heavy atom. The van der Waals surface area contributed by atoms with Crippen LogP contribution in [0.5, 0.6) is 0 Å². The first-order valence-corrected chi connectivity index (χ1v) is 6.90. The van der Waals surface area contributed by atoms with Gasteiger partial charge in [-0.05, 0) is 36.6 Å². The van der Waals surface area contributed by atoms with Crippen LogP contribution in [0.3, 0.4) is 0 Å². The Bertz CT molecular complexity index is 576. The second-order valence-corrected chi connectivity index (χ2v) is 5.53. The summed E-state index contributed by atoms with van der Waals surface area (Å²) in [5, 5.41) is 3.83. The SMILES string of the molecule is c1ccc2c(c1)CNC1(CCCC1)c1cccn1-2. The van der Waals surface area contributed by atoms with E-state index in [-0.39, 0.29) is 5.54 Å². The average Bonchev–Trinajstić information content (AvgIpc) is 3.04. The van der Waals surface area contributed by atoms with Crippen LogP contribution in [0.1, 0.15) is 36.9 Å². The third-order valence-electron chi connectivity index (χ3n) is 4.56. The van der Waals surface area contributed by atoms with Crippen molar-refractivity contribution in [2.24, 2.45) is 0 Å². The number of hydrogen-bond donors (Lipinski definition) is 1. The molecule has 1 aromatic carbocycles. The molecule has 0 atom stereocenters. The van der Waals surface area contributed by atoms with Crippen molar-refractivity contribution in [2.45, 2.75) is 37.8 Å². The van der Waals surface area contributed by atoms with E-state index in [4.69, 9.17) is 0 Å². The molecule has 0 bridgehead atoms. The van der Waals surface area contributed by atoms with Gasteiger partial charge < -0.3 is 9.88 Å². The van der Waals surface area contributed by atoms with Gasteiger partial charge in [-0.2, -0.15) is 0 Å². The van der Waals surface area contributed by atoms with Crippen LogP contribution in [0.15, 0.2) is 42.6 Å². The minimum atomic E-state index is 0.211.